The molecule has 14 heteroatoms. The molecule has 1 aliphatic rings. The third kappa shape index (κ3) is 5.69. The van der Waals surface area contributed by atoms with Gasteiger partial charge >= 0.3 is 12.1 Å². The molecule has 1 amide bonds. The number of nitrogens with zero attached hydrogens (tertiary/aromatic N) is 7. The van der Waals surface area contributed by atoms with Crippen LogP contribution in [0.3, 0.4) is 0 Å². The fraction of sp³-hybridized carbons (Fsp3) is 0.261. The summed E-state index contributed by atoms with van der Waals surface area (Å²) in [6.07, 6.45) is -0.190. The molecule has 0 spiro atoms. The van der Waals surface area contributed by atoms with Crippen molar-refractivity contribution in [2.24, 2.45) is 0 Å². The Kier molecular flexibility index (Phi) is 6.72. The maximum Gasteiger partial charge on any atom is 0.471 e. The van der Waals surface area contributed by atoms with E-state index in [1.807, 2.05) is 0 Å². The number of hydrogen-bond donors (Lipinski definition) is 1. The van der Waals surface area contributed by atoms with Crippen molar-refractivity contribution in [3.05, 3.63) is 66.2 Å². The van der Waals surface area contributed by atoms with Crippen molar-refractivity contribution in [3.8, 4) is 22.6 Å². The van der Waals surface area contributed by atoms with E-state index >= 15 is 0 Å². The molecule has 0 atom stereocenters. The fourth-order valence-electron chi connectivity index (χ4n) is 3.49. The van der Waals surface area contributed by atoms with Crippen molar-refractivity contribution in [1.29, 1.82) is 0 Å². The minimum atomic E-state index is -4.71. The molecule has 5 rings (SSSR count). The first-order valence-electron chi connectivity index (χ1n) is 11.1. The summed E-state index contributed by atoms with van der Waals surface area (Å²) in [5, 5.41) is 6.39. The van der Waals surface area contributed by atoms with Gasteiger partial charge in [0.2, 0.25) is 11.8 Å². The molecule has 0 saturated carbocycles. The zero-order valence-electron chi connectivity index (χ0n) is 19.1. The van der Waals surface area contributed by atoms with Gasteiger partial charge in [0, 0.05) is 42.8 Å². The molecule has 1 fully saturated rings. The Morgan fingerprint density at radius 3 is 2.43 bits per heavy atom. The lowest BCUT2D eigenvalue weighted by atomic mass is 10.2. The second-order valence-corrected chi connectivity index (χ2v) is 7.91. The van der Waals surface area contributed by atoms with E-state index in [-0.39, 0.29) is 23.8 Å². The highest BCUT2D eigenvalue weighted by atomic mass is 19.4. The summed E-state index contributed by atoms with van der Waals surface area (Å²) in [6.45, 7) is 2.37. The molecule has 1 saturated heterocycles. The smallest absolute Gasteiger partial charge is 0.378 e. The number of pyridine rings is 2. The second kappa shape index (κ2) is 10.3. The predicted molar refractivity (Wildman–Crippen MR) is 122 cm³/mol. The topological polar surface area (TPSA) is 132 Å². The molecular formula is C23H19F3N8O3. The summed E-state index contributed by atoms with van der Waals surface area (Å²) >= 11 is 0. The molecule has 0 aromatic carbocycles. The lowest BCUT2D eigenvalue weighted by Crippen LogP contribution is -2.41. The van der Waals surface area contributed by atoms with Crippen LogP contribution >= 0.6 is 0 Å². The van der Waals surface area contributed by atoms with Gasteiger partial charge in [0.25, 0.3) is 5.91 Å². The van der Waals surface area contributed by atoms with Crippen molar-refractivity contribution in [3.63, 3.8) is 0 Å². The third-order valence-corrected chi connectivity index (χ3v) is 5.41. The van der Waals surface area contributed by atoms with E-state index < -0.39 is 12.1 Å². The lowest BCUT2D eigenvalue weighted by molar-refractivity contribution is -0.159. The average Bonchev–Trinajstić information content (AvgIpc) is 3.44. The molecular weight excluding hydrogens is 493 g/mol. The van der Waals surface area contributed by atoms with Crippen LogP contribution in [0.2, 0.25) is 0 Å². The number of carbonyl (C=O) groups excluding carboxylic acids is 1. The average molecular weight is 512 g/mol. The fourth-order valence-corrected chi connectivity index (χ4v) is 3.49. The van der Waals surface area contributed by atoms with Crippen LogP contribution in [0, 0.1) is 0 Å². The number of alkyl halides is 3. The molecule has 4 aromatic heterocycles. The van der Waals surface area contributed by atoms with Crippen molar-refractivity contribution >= 4 is 11.9 Å². The van der Waals surface area contributed by atoms with Gasteiger partial charge in [-0.15, -0.1) is 0 Å². The molecule has 0 radical (unpaired) electrons. The zero-order valence-corrected chi connectivity index (χ0v) is 19.1. The Balaban J connectivity index is 1.21. The molecule has 5 heterocycles. The molecule has 37 heavy (non-hydrogen) atoms. The summed E-state index contributed by atoms with van der Waals surface area (Å²) in [5.41, 5.74) is 2.54. The van der Waals surface area contributed by atoms with Crippen LogP contribution in [0.1, 0.15) is 22.1 Å². The summed E-state index contributed by atoms with van der Waals surface area (Å²) in [6, 6.07) is 8.31. The van der Waals surface area contributed by atoms with E-state index in [1.54, 1.807) is 41.6 Å². The highest BCUT2D eigenvalue weighted by Crippen LogP contribution is 2.29. The number of anilines is 1. The van der Waals surface area contributed by atoms with Crippen LogP contribution in [0.15, 0.2) is 53.4 Å². The maximum atomic E-state index is 12.6. The number of rotatable bonds is 6. The Morgan fingerprint density at radius 1 is 0.973 bits per heavy atom. The molecule has 11 nitrogen and oxygen atoms in total. The summed E-state index contributed by atoms with van der Waals surface area (Å²) < 4.78 is 47.5. The minimum absolute atomic E-state index is 0.140. The van der Waals surface area contributed by atoms with Gasteiger partial charge < -0.3 is 19.5 Å². The molecule has 4 aromatic rings. The van der Waals surface area contributed by atoms with Crippen molar-refractivity contribution < 1.29 is 27.2 Å². The largest absolute Gasteiger partial charge is 0.471 e. The number of halogens is 3. The van der Waals surface area contributed by atoms with E-state index in [4.69, 9.17) is 4.74 Å². The van der Waals surface area contributed by atoms with Crippen LogP contribution < -0.4 is 5.32 Å². The van der Waals surface area contributed by atoms with Gasteiger partial charge in [-0.25, -0.2) is 9.97 Å². The van der Waals surface area contributed by atoms with Gasteiger partial charge in [-0.1, -0.05) is 5.16 Å². The van der Waals surface area contributed by atoms with Gasteiger partial charge in [0.05, 0.1) is 31.1 Å². The van der Waals surface area contributed by atoms with Gasteiger partial charge in [0.1, 0.15) is 5.69 Å². The van der Waals surface area contributed by atoms with Gasteiger partial charge in [-0.3, -0.25) is 14.8 Å². The van der Waals surface area contributed by atoms with Gasteiger partial charge in [-0.05, 0) is 30.3 Å². The first-order valence-corrected chi connectivity index (χ1v) is 11.1. The highest BCUT2D eigenvalue weighted by molar-refractivity contribution is 5.92. The van der Waals surface area contributed by atoms with E-state index in [9.17, 15) is 18.0 Å². The van der Waals surface area contributed by atoms with Crippen LogP contribution in [0.25, 0.3) is 22.6 Å². The monoisotopic (exact) mass is 512 g/mol. The summed E-state index contributed by atoms with van der Waals surface area (Å²) in [7, 11) is 0. The Morgan fingerprint density at radius 2 is 1.76 bits per heavy atom. The number of morpholine rings is 1. The third-order valence-electron chi connectivity index (χ3n) is 5.41. The number of ether oxygens (including phenoxy) is 1. The van der Waals surface area contributed by atoms with Gasteiger partial charge in [-0.2, -0.15) is 18.2 Å². The van der Waals surface area contributed by atoms with E-state index in [2.05, 4.69) is 39.9 Å². The normalized spacial score (nSPS) is 14.0. The number of aromatic nitrogens is 6. The molecule has 0 unspecified atom stereocenters. The first-order chi connectivity index (χ1) is 17.9. The Bertz CT molecular complexity index is 1370. The number of hydrogen-bond acceptors (Lipinski definition) is 10. The molecule has 0 aliphatic carbocycles. The molecule has 190 valence electrons. The SMILES string of the molecule is O=C(c1ccc(-c2ccnc(NCc3ccc(-c4noc(C(F)(F)F)n4)cn3)n2)cn1)N1CCOCC1. The Hall–Kier alpha value is -4.46. The van der Waals surface area contributed by atoms with E-state index in [0.29, 0.717) is 54.9 Å². The molecule has 1 aliphatic heterocycles. The summed E-state index contributed by atoms with van der Waals surface area (Å²) in [4.78, 5) is 34.8. The predicted octanol–water partition coefficient (Wildman–Crippen LogP) is 3.09. The summed E-state index contributed by atoms with van der Waals surface area (Å²) in [5.74, 6) is -1.43. The van der Waals surface area contributed by atoms with E-state index in [0.717, 1.165) is 0 Å². The molecule has 0 bridgehead atoms. The van der Waals surface area contributed by atoms with Crippen molar-refractivity contribution in [2.45, 2.75) is 12.7 Å². The highest BCUT2D eigenvalue weighted by Gasteiger charge is 2.38. The Labute approximate surface area is 207 Å². The van der Waals surface area contributed by atoms with E-state index in [1.165, 1.54) is 12.3 Å². The van der Waals surface area contributed by atoms with Crippen LogP contribution in [0.4, 0.5) is 19.1 Å². The quantitative estimate of drug-likeness (QED) is 0.411. The number of nitrogens with one attached hydrogen (secondary N) is 1. The molecule has 1 N–H and O–H groups in total. The van der Waals surface area contributed by atoms with Crippen LogP contribution in [0.5, 0.6) is 0 Å². The number of carbonyl (C=O) groups is 1. The lowest BCUT2D eigenvalue weighted by Gasteiger charge is -2.26. The first kappa shape index (κ1) is 24.2. The zero-order chi connectivity index (χ0) is 25.8. The standard InChI is InChI=1S/C23H19F3N8O3/c24-23(25,26)21-32-19(33-37-21)15-1-3-16(28-12-15)13-30-22-27-6-5-17(31-22)14-2-4-18(29-11-14)20(35)34-7-9-36-10-8-34/h1-6,11-12H,7-10,13H2,(H,27,30,31). The number of amides is 1. The minimum Gasteiger partial charge on any atom is -0.378 e. The second-order valence-electron chi connectivity index (χ2n) is 7.91. The van der Waals surface area contributed by atoms with Gasteiger partial charge in [0.15, 0.2) is 0 Å². The maximum absolute atomic E-state index is 12.6. The van der Waals surface area contributed by atoms with Crippen molar-refractivity contribution in [1.82, 2.24) is 35.0 Å². The van der Waals surface area contributed by atoms with Crippen molar-refractivity contribution in [2.75, 3.05) is 31.6 Å². The van der Waals surface area contributed by atoms with Crippen LogP contribution in [-0.2, 0) is 17.5 Å². The van der Waals surface area contributed by atoms with Crippen LogP contribution in [-0.4, -0.2) is 67.2 Å².